The fourth-order valence-electron chi connectivity index (χ4n) is 2.52. The molecule has 0 fully saturated rings. The molecule has 0 saturated carbocycles. The number of carbonyl (C=O) groups excluding carboxylic acids is 2. The zero-order valence-electron chi connectivity index (χ0n) is 16.3. The van der Waals surface area contributed by atoms with E-state index in [4.69, 9.17) is 16.3 Å². The molecule has 0 saturated heterocycles. The summed E-state index contributed by atoms with van der Waals surface area (Å²) in [6, 6.07) is 10.4. The first kappa shape index (κ1) is 20.8. The number of hydrogen-bond acceptors (Lipinski definition) is 3. The van der Waals surface area contributed by atoms with Crippen LogP contribution in [0.3, 0.4) is 0 Å². The minimum atomic E-state index is -0.373. The number of benzene rings is 2. The Balaban J connectivity index is 2.05. The minimum absolute atomic E-state index is 0.171. The second-order valence-electron chi connectivity index (χ2n) is 7.46. The maximum Gasteiger partial charge on any atom is 0.262 e. The van der Waals surface area contributed by atoms with Gasteiger partial charge >= 0.3 is 0 Å². The van der Waals surface area contributed by atoms with Crippen molar-refractivity contribution in [3.8, 4) is 5.75 Å². The van der Waals surface area contributed by atoms with Crippen LogP contribution in [0.15, 0.2) is 36.4 Å². The summed E-state index contributed by atoms with van der Waals surface area (Å²) in [5, 5.41) is 6.31. The van der Waals surface area contributed by atoms with Gasteiger partial charge in [-0.05, 0) is 70.0 Å². The van der Waals surface area contributed by atoms with Crippen molar-refractivity contribution >= 4 is 29.1 Å². The minimum Gasteiger partial charge on any atom is -0.484 e. The van der Waals surface area contributed by atoms with Crippen LogP contribution in [-0.2, 0) is 4.79 Å². The first-order valence-electron chi connectivity index (χ1n) is 8.68. The smallest absolute Gasteiger partial charge is 0.262 e. The molecule has 2 rings (SSSR count). The van der Waals surface area contributed by atoms with Crippen molar-refractivity contribution in [1.29, 1.82) is 0 Å². The maximum atomic E-state index is 12.4. The van der Waals surface area contributed by atoms with Crippen LogP contribution in [-0.4, -0.2) is 24.0 Å². The average Bonchev–Trinajstić information content (AvgIpc) is 2.56. The second kappa shape index (κ2) is 8.44. The Morgan fingerprint density at radius 2 is 1.67 bits per heavy atom. The van der Waals surface area contributed by atoms with Gasteiger partial charge in [-0.2, -0.15) is 0 Å². The zero-order valence-corrected chi connectivity index (χ0v) is 17.0. The third-order valence-electron chi connectivity index (χ3n) is 3.71. The van der Waals surface area contributed by atoms with E-state index in [1.165, 1.54) is 0 Å². The summed E-state index contributed by atoms with van der Waals surface area (Å²) in [4.78, 5) is 24.7. The van der Waals surface area contributed by atoms with Gasteiger partial charge in [-0.1, -0.05) is 23.7 Å². The number of carbonyl (C=O) groups is 2. The van der Waals surface area contributed by atoms with E-state index >= 15 is 0 Å². The summed E-state index contributed by atoms with van der Waals surface area (Å²) in [5.74, 6) is -0.0251. The van der Waals surface area contributed by atoms with Crippen molar-refractivity contribution in [2.45, 2.75) is 40.2 Å². The van der Waals surface area contributed by atoms with Crippen LogP contribution >= 0.6 is 11.6 Å². The highest BCUT2D eigenvalue weighted by molar-refractivity contribution is 6.32. The molecule has 2 amide bonds. The second-order valence-corrected chi connectivity index (χ2v) is 7.84. The number of rotatable bonds is 5. The molecular weight excluding hydrogens is 364 g/mol. The highest BCUT2D eigenvalue weighted by Crippen LogP contribution is 2.26. The lowest BCUT2D eigenvalue weighted by Crippen LogP contribution is -2.41. The normalized spacial score (nSPS) is 11.0. The van der Waals surface area contributed by atoms with Gasteiger partial charge in [-0.25, -0.2) is 0 Å². The SMILES string of the molecule is Cc1cc(OCC(=O)Nc2ccccc2C(=O)NC(C)(C)C)cc(C)c1Cl. The number of hydrogen-bond donors (Lipinski definition) is 2. The Morgan fingerprint density at radius 1 is 1.07 bits per heavy atom. The molecular formula is C21H25ClN2O3. The van der Waals surface area contributed by atoms with Crippen LogP contribution in [0.25, 0.3) is 0 Å². The summed E-state index contributed by atoms with van der Waals surface area (Å²) in [6.07, 6.45) is 0. The van der Waals surface area contributed by atoms with Gasteiger partial charge in [0.2, 0.25) is 0 Å². The van der Waals surface area contributed by atoms with Gasteiger partial charge in [-0.15, -0.1) is 0 Å². The number of nitrogens with one attached hydrogen (secondary N) is 2. The molecule has 0 aliphatic heterocycles. The number of halogens is 1. The molecule has 2 aromatic rings. The third-order valence-corrected chi connectivity index (χ3v) is 4.31. The van der Waals surface area contributed by atoms with E-state index in [0.717, 1.165) is 11.1 Å². The van der Waals surface area contributed by atoms with Gasteiger partial charge < -0.3 is 15.4 Å². The van der Waals surface area contributed by atoms with E-state index in [-0.39, 0.29) is 24.0 Å². The molecule has 0 heterocycles. The fraction of sp³-hybridized carbons (Fsp3) is 0.333. The molecule has 5 nitrogen and oxygen atoms in total. The van der Waals surface area contributed by atoms with Crippen molar-refractivity contribution in [3.05, 3.63) is 58.1 Å². The van der Waals surface area contributed by atoms with Crippen molar-refractivity contribution in [3.63, 3.8) is 0 Å². The topological polar surface area (TPSA) is 67.4 Å². The van der Waals surface area contributed by atoms with Crippen molar-refractivity contribution in [1.82, 2.24) is 5.32 Å². The van der Waals surface area contributed by atoms with Crippen LogP contribution in [0.4, 0.5) is 5.69 Å². The molecule has 0 aromatic heterocycles. The van der Waals surface area contributed by atoms with Gasteiger partial charge in [0.1, 0.15) is 5.75 Å². The van der Waals surface area contributed by atoms with Gasteiger partial charge in [-0.3, -0.25) is 9.59 Å². The number of aryl methyl sites for hydroxylation is 2. The number of para-hydroxylation sites is 1. The molecule has 0 bridgehead atoms. The fourth-order valence-corrected chi connectivity index (χ4v) is 2.63. The lowest BCUT2D eigenvalue weighted by atomic mass is 10.1. The number of amides is 2. The van der Waals surface area contributed by atoms with Crippen molar-refractivity contribution < 1.29 is 14.3 Å². The van der Waals surface area contributed by atoms with E-state index in [2.05, 4.69) is 10.6 Å². The van der Waals surface area contributed by atoms with Crippen LogP contribution in [0.2, 0.25) is 5.02 Å². The van der Waals surface area contributed by atoms with E-state index in [1.807, 2.05) is 34.6 Å². The maximum absolute atomic E-state index is 12.4. The van der Waals surface area contributed by atoms with Crippen LogP contribution in [0.1, 0.15) is 42.3 Å². The Hall–Kier alpha value is -2.53. The Morgan fingerprint density at radius 3 is 2.26 bits per heavy atom. The van der Waals surface area contributed by atoms with Crippen molar-refractivity contribution in [2.24, 2.45) is 0 Å². The van der Waals surface area contributed by atoms with E-state index < -0.39 is 0 Å². The molecule has 0 atom stereocenters. The van der Waals surface area contributed by atoms with Crippen LogP contribution < -0.4 is 15.4 Å². The molecule has 0 aliphatic carbocycles. The molecule has 0 aliphatic rings. The van der Waals surface area contributed by atoms with Crippen LogP contribution in [0.5, 0.6) is 5.75 Å². The summed E-state index contributed by atoms with van der Waals surface area (Å²) < 4.78 is 5.57. The van der Waals surface area contributed by atoms with Gasteiger partial charge in [0, 0.05) is 10.6 Å². The molecule has 144 valence electrons. The molecule has 6 heteroatoms. The number of ether oxygens (including phenoxy) is 1. The summed E-state index contributed by atoms with van der Waals surface area (Å²) >= 11 is 6.14. The Labute approximate surface area is 165 Å². The number of anilines is 1. The first-order valence-corrected chi connectivity index (χ1v) is 9.05. The quantitative estimate of drug-likeness (QED) is 0.792. The molecule has 0 spiro atoms. The van der Waals surface area contributed by atoms with Gasteiger partial charge in [0.25, 0.3) is 11.8 Å². The molecule has 0 unspecified atom stereocenters. The van der Waals surface area contributed by atoms with Crippen LogP contribution in [0, 0.1) is 13.8 Å². The van der Waals surface area contributed by atoms with E-state index in [9.17, 15) is 9.59 Å². The molecule has 27 heavy (non-hydrogen) atoms. The molecule has 2 N–H and O–H groups in total. The van der Waals surface area contributed by atoms with E-state index in [0.29, 0.717) is 22.0 Å². The Bertz CT molecular complexity index is 834. The highest BCUT2D eigenvalue weighted by atomic mass is 35.5. The lowest BCUT2D eigenvalue weighted by molar-refractivity contribution is -0.118. The van der Waals surface area contributed by atoms with Gasteiger partial charge in [0.15, 0.2) is 6.61 Å². The third kappa shape index (κ3) is 6.00. The largest absolute Gasteiger partial charge is 0.484 e. The summed E-state index contributed by atoms with van der Waals surface area (Å²) in [7, 11) is 0. The van der Waals surface area contributed by atoms with Gasteiger partial charge in [0.05, 0.1) is 11.3 Å². The summed E-state index contributed by atoms with van der Waals surface area (Å²) in [6.45, 7) is 9.29. The standard InChI is InChI=1S/C21H25ClN2O3/c1-13-10-15(11-14(2)19(13)22)27-12-18(25)23-17-9-7-6-8-16(17)20(26)24-21(3,4)5/h6-11H,12H2,1-5H3,(H,23,25)(H,24,26). The predicted octanol–water partition coefficient (Wildman–Crippen LogP) is 4.50. The Kier molecular flexibility index (Phi) is 6.50. The predicted molar refractivity (Wildman–Crippen MR) is 109 cm³/mol. The van der Waals surface area contributed by atoms with Crippen molar-refractivity contribution in [2.75, 3.05) is 11.9 Å². The lowest BCUT2D eigenvalue weighted by Gasteiger charge is -2.21. The van der Waals surface area contributed by atoms with E-state index in [1.54, 1.807) is 36.4 Å². The first-order chi connectivity index (χ1) is 12.6. The highest BCUT2D eigenvalue weighted by Gasteiger charge is 2.18. The monoisotopic (exact) mass is 388 g/mol. The summed E-state index contributed by atoms with van der Waals surface area (Å²) in [5.41, 5.74) is 2.24. The molecule has 0 radical (unpaired) electrons. The molecule has 2 aromatic carbocycles. The average molecular weight is 389 g/mol. The zero-order chi connectivity index (χ0) is 20.2.